The summed E-state index contributed by atoms with van der Waals surface area (Å²) in [5.74, 6) is -1.45. The average molecular weight is 369 g/mol. The lowest BCUT2D eigenvalue weighted by Gasteiger charge is -2.12. The first kappa shape index (κ1) is 18.0. The topological polar surface area (TPSA) is 164 Å². The van der Waals surface area contributed by atoms with Gasteiger partial charge in [0, 0.05) is 0 Å². The Bertz CT molecular complexity index is 970. The van der Waals surface area contributed by atoms with E-state index in [-0.39, 0.29) is 35.1 Å². The highest BCUT2D eigenvalue weighted by molar-refractivity contribution is 6.02. The molecule has 0 saturated heterocycles. The van der Waals surface area contributed by atoms with E-state index in [9.17, 15) is 14.7 Å². The second kappa shape index (κ2) is 7.62. The van der Waals surface area contributed by atoms with Gasteiger partial charge in [0.2, 0.25) is 17.6 Å². The zero-order valence-electron chi connectivity index (χ0n) is 13.9. The van der Waals surface area contributed by atoms with Crippen molar-refractivity contribution in [2.45, 2.75) is 12.5 Å². The SMILES string of the molecule is N[C@@H](Cc1nc(-c2ccc(O)cn2)no1)C(=O)Nc1ccccc1C(=O)O. The van der Waals surface area contributed by atoms with Crippen LogP contribution in [-0.4, -0.2) is 43.3 Å². The number of carbonyl (C=O) groups is 2. The second-order valence-electron chi connectivity index (χ2n) is 5.56. The number of carbonyl (C=O) groups excluding carboxylic acids is 1. The highest BCUT2D eigenvalue weighted by Gasteiger charge is 2.20. The van der Waals surface area contributed by atoms with Crippen molar-refractivity contribution in [1.82, 2.24) is 15.1 Å². The molecule has 1 aromatic carbocycles. The van der Waals surface area contributed by atoms with Crippen molar-refractivity contribution in [2.75, 3.05) is 5.32 Å². The largest absolute Gasteiger partial charge is 0.506 e. The van der Waals surface area contributed by atoms with Crippen LogP contribution in [0.15, 0.2) is 47.1 Å². The molecule has 2 heterocycles. The summed E-state index contributed by atoms with van der Waals surface area (Å²) in [6, 6.07) is 7.90. The van der Waals surface area contributed by atoms with E-state index in [2.05, 4.69) is 20.4 Å². The molecule has 1 amide bonds. The van der Waals surface area contributed by atoms with Crippen molar-refractivity contribution in [3.05, 3.63) is 54.0 Å². The van der Waals surface area contributed by atoms with Gasteiger partial charge in [-0.15, -0.1) is 0 Å². The maximum Gasteiger partial charge on any atom is 0.337 e. The van der Waals surface area contributed by atoms with Crippen molar-refractivity contribution < 1.29 is 24.3 Å². The van der Waals surface area contributed by atoms with Gasteiger partial charge in [0.05, 0.1) is 29.9 Å². The fourth-order valence-electron chi connectivity index (χ4n) is 2.25. The number of rotatable bonds is 6. The lowest BCUT2D eigenvalue weighted by molar-refractivity contribution is -0.117. The maximum atomic E-state index is 12.2. The van der Waals surface area contributed by atoms with Gasteiger partial charge in [0.25, 0.3) is 0 Å². The van der Waals surface area contributed by atoms with E-state index in [1.54, 1.807) is 12.1 Å². The van der Waals surface area contributed by atoms with Crippen LogP contribution in [0.5, 0.6) is 5.75 Å². The number of nitrogens with two attached hydrogens (primary N) is 1. The maximum absolute atomic E-state index is 12.2. The molecular formula is C17H15N5O5. The Morgan fingerprint density at radius 3 is 2.70 bits per heavy atom. The van der Waals surface area contributed by atoms with Crippen LogP contribution in [-0.2, 0) is 11.2 Å². The Morgan fingerprint density at radius 2 is 2.00 bits per heavy atom. The normalized spacial score (nSPS) is 11.7. The average Bonchev–Trinajstić information content (AvgIpc) is 3.11. The molecule has 0 aliphatic heterocycles. The number of anilines is 1. The summed E-state index contributed by atoms with van der Waals surface area (Å²) in [6.45, 7) is 0. The van der Waals surface area contributed by atoms with Gasteiger partial charge in [0.1, 0.15) is 11.4 Å². The molecule has 10 nitrogen and oxygen atoms in total. The minimum atomic E-state index is -1.16. The first-order chi connectivity index (χ1) is 12.9. The summed E-state index contributed by atoms with van der Waals surface area (Å²) in [7, 11) is 0. The highest BCUT2D eigenvalue weighted by Crippen LogP contribution is 2.17. The number of carboxylic acids is 1. The summed E-state index contributed by atoms with van der Waals surface area (Å²) < 4.78 is 5.06. The summed E-state index contributed by atoms with van der Waals surface area (Å²) in [5, 5.41) is 24.6. The molecule has 0 aliphatic rings. The number of nitrogens with one attached hydrogen (secondary N) is 1. The zero-order chi connectivity index (χ0) is 19.4. The van der Waals surface area contributed by atoms with Gasteiger partial charge < -0.3 is 25.8 Å². The Labute approximate surface area is 152 Å². The fourth-order valence-corrected chi connectivity index (χ4v) is 2.25. The van der Waals surface area contributed by atoms with Gasteiger partial charge >= 0.3 is 5.97 Å². The predicted molar refractivity (Wildman–Crippen MR) is 92.9 cm³/mol. The number of aromatic nitrogens is 3. The Hall–Kier alpha value is -3.79. The molecule has 0 radical (unpaired) electrons. The van der Waals surface area contributed by atoms with Crippen molar-refractivity contribution in [1.29, 1.82) is 0 Å². The molecule has 0 aliphatic carbocycles. The molecule has 138 valence electrons. The molecular weight excluding hydrogens is 354 g/mol. The molecule has 0 spiro atoms. The molecule has 0 bridgehead atoms. The summed E-state index contributed by atoms with van der Waals surface area (Å²) in [5.41, 5.74) is 6.34. The smallest absolute Gasteiger partial charge is 0.337 e. The molecule has 3 aromatic rings. The molecule has 2 aromatic heterocycles. The van der Waals surface area contributed by atoms with Crippen molar-refractivity contribution >= 4 is 17.6 Å². The number of hydrogen-bond acceptors (Lipinski definition) is 8. The number of amides is 1. The van der Waals surface area contributed by atoms with E-state index >= 15 is 0 Å². The number of aromatic hydroxyl groups is 1. The van der Waals surface area contributed by atoms with Gasteiger partial charge in [-0.1, -0.05) is 17.3 Å². The minimum absolute atomic E-state index is 0.00260. The van der Waals surface area contributed by atoms with Crippen LogP contribution in [0, 0.1) is 0 Å². The third-order valence-electron chi connectivity index (χ3n) is 3.59. The van der Waals surface area contributed by atoms with E-state index in [0.29, 0.717) is 5.69 Å². The molecule has 1 atom stereocenters. The van der Waals surface area contributed by atoms with E-state index in [4.69, 9.17) is 15.4 Å². The number of hydrogen-bond donors (Lipinski definition) is 4. The van der Waals surface area contributed by atoms with Crippen LogP contribution in [0.4, 0.5) is 5.69 Å². The highest BCUT2D eigenvalue weighted by atomic mass is 16.5. The van der Waals surface area contributed by atoms with Crippen LogP contribution in [0.1, 0.15) is 16.2 Å². The van der Waals surface area contributed by atoms with Crippen LogP contribution >= 0.6 is 0 Å². The first-order valence-corrected chi connectivity index (χ1v) is 7.81. The van der Waals surface area contributed by atoms with Crippen LogP contribution in [0.3, 0.4) is 0 Å². The molecule has 27 heavy (non-hydrogen) atoms. The fraction of sp³-hybridized carbons (Fsp3) is 0.118. The number of nitrogens with zero attached hydrogens (tertiary/aromatic N) is 3. The van der Waals surface area contributed by atoms with Crippen LogP contribution in [0.2, 0.25) is 0 Å². The number of aromatic carboxylic acids is 1. The predicted octanol–water partition coefficient (Wildman–Crippen LogP) is 1.04. The van der Waals surface area contributed by atoms with Gasteiger partial charge in [-0.3, -0.25) is 4.79 Å². The van der Waals surface area contributed by atoms with Crippen LogP contribution in [0.25, 0.3) is 11.5 Å². The van der Waals surface area contributed by atoms with Gasteiger partial charge in [-0.05, 0) is 24.3 Å². The van der Waals surface area contributed by atoms with Gasteiger partial charge in [-0.25, -0.2) is 9.78 Å². The van der Waals surface area contributed by atoms with Crippen molar-refractivity contribution in [2.24, 2.45) is 5.73 Å². The number of benzene rings is 1. The summed E-state index contributed by atoms with van der Waals surface area (Å²) in [4.78, 5) is 31.5. The van der Waals surface area contributed by atoms with E-state index in [0.717, 1.165) is 0 Å². The third kappa shape index (κ3) is 4.25. The van der Waals surface area contributed by atoms with Gasteiger partial charge in [0.15, 0.2) is 0 Å². The Balaban J connectivity index is 1.67. The second-order valence-corrected chi connectivity index (χ2v) is 5.56. The first-order valence-electron chi connectivity index (χ1n) is 7.81. The lowest BCUT2D eigenvalue weighted by Crippen LogP contribution is -2.37. The van der Waals surface area contributed by atoms with E-state index in [1.807, 2.05) is 0 Å². The van der Waals surface area contributed by atoms with Crippen molar-refractivity contribution in [3.8, 4) is 17.3 Å². The Kier molecular flexibility index (Phi) is 5.08. The monoisotopic (exact) mass is 369 g/mol. The number of pyridine rings is 1. The summed E-state index contributed by atoms with van der Waals surface area (Å²) in [6.07, 6.45) is 1.19. The lowest BCUT2D eigenvalue weighted by atomic mass is 10.1. The molecule has 10 heteroatoms. The number of para-hydroxylation sites is 1. The van der Waals surface area contributed by atoms with Gasteiger partial charge in [-0.2, -0.15) is 4.98 Å². The van der Waals surface area contributed by atoms with Crippen LogP contribution < -0.4 is 11.1 Å². The summed E-state index contributed by atoms with van der Waals surface area (Å²) >= 11 is 0. The minimum Gasteiger partial charge on any atom is -0.506 e. The molecule has 0 fully saturated rings. The standard InChI is InChI=1S/C17H15N5O5/c18-11(16(24)20-12-4-2-1-3-10(12)17(25)26)7-14-21-15(22-27-14)13-6-5-9(23)8-19-13/h1-6,8,11,23H,7,18H2,(H,20,24)(H,25,26)/t11-/m0/s1. The molecule has 0 saturated carbocycles. The third-order valence-corrected chi connectivity index (χ3v) is 3.59. The van der Waals surface area contributed by atoms with E-state index < -0.39 is 17.9 Å². The van der Waals surface area contributed by atoms with Crippen molar-refractivity contribution in [3.63, 3.8) is 0 Å². The number of carboxylic acid groups (broad SMARTS) is 1. The molecule has 5 N–H and O–H groups in total. The van der Waals surface area contributed by atoms with E-state index in [1.165, 1.54) is 30.5 Å². The molecule has 3 rings (SSSR count). The quantitative estimate of drug-likeness (QED) is 0.497. The molecule has 0 unspecified atom stereocenters. The Morgan fingerprint density at radius 1 is 1.22 bits per heavy atom. The zero-order valence-corrected chi connectivity index (χ0v) is 13.9.